The van der Waals surface area contributed by atoms with E-state index in [4.69, 9.17) is 4.42 Å². The van der Waals surface area contributed by atoms with Crippen molar-refractivity contribution in [2.45, 2.75) is 0 Å². The summed E-state index contributed by atoms with van der Waals surface area (Å²) in [5, 5.41) is 0.618. The number of fused-ring (bicyclic) bond motifs is 1. The van der Waals surface area contributed by atoms with Crippen molar-refractivity contribution in [2.75, 3.05) is 0 Å². The van der Waals surface area contributed by atoms with Gasteiger partial charge >= 0.3 is 0 Å². The maximum atomic E-state index is 11.9. The summed E-state index contributed by atoms with van der Waals surface area (Å²) in [5.74, 6) is 0.606. The van der Waals surface area contributed by atoms with E-state index >= 15 is 0 Å². The summed E-state index contributed by atoms with van der Waals surface area (Å²) in [6.07, 6.45) is 5.08. The van der Waals surface area contributed by atoms with Crippen LogP contribution in [0.1, 0.15) is 0 Å². The van der Waals surface area contributed by atoms with Gasteiger partial charge in [0.15, 0.2) is 5.43 Å². The third-order valence-electron chi connectivity index (χ3n) is 3.10. The number of aromatic nitrogens is 2. The average Bonchev–Trinajstić information content (AvgIpc) is 3.15. The van der Waals surface area contributed by atoms with Gasteiger partial charge in [0.1, 0.15) is 11.3 Å². The van der Waals surface area contributed by atoms with Crippen LogP contribution in [0.4, 0.5) is 0 Å². The second-order valence-corrected chi connectivity index (χ2v) is 4.60. The van der Waals surface area contributed by atoms with Crippen molar-refractivity contribution in [3.05, 3.63) is 89.6 Å². The summed E-state index contributed by atoms with van der Waals surface area (Å²) in [6.45, 7) is 0. The van der Waals surface area contributed by atoms with E-state index in [1.54, 1.807) is 24.8 Å². The minimum atomic E-state index is -0.00861. The lowest BCUT2D eigenvalue weighted by atomic mass is 10.1. The smallest absolute Gasteiger partial charge is 0.193 e. The summed E-state index contributed by atoms with van der Waals surface area (Å²) in [5.41, 5.74) is 1.53. The van der Waals surface area contributed by atoms with Gasteiger partial charge in [-0.25, -0.2) is 4.98 Å². The molecular formula is C18H14N2O2. The highest BCUT2D eigenvalue weighted by Gasteiger charge is 2.05. The third kappa shape index (κ3) is 3.12. The van der Waals surface area contributed by atoms with Crippen LogP contribution in [0.2, 0.25) is 0 Å². The molecule has 0 saturated carbocycles. The van der Waals surface area contributed by atoms with E-state index in [0.29, 0.717) is 16.7 Å². The first kappa shape index (κ1) is 13.8. The quantitative estimate of drug-likeness (QED) is 0.579. The monoisotopic (exact) mass is 290 g/mol. The molecule has 0 bridgehead atoms. The first-order valence-corrected chi connectivity index (χ1v) is 6.85. The lowest BCUT2D eigenvalue weighted by Crippen LogP contribution is -1.99. The molecule has 0 aliphatic carbocycles. The van der Waals surface area contributed by atoms with Gasteiger partial charge in [0, 0.05) is 24.0 Å². The van der Waals surface area contributed by atoms with Gasteiger partial charge in [0.2, 0.25) is 0 Å². The van der Waals surface area contributed by atoms with Gasteiger partial charge < -0.3 is 9.40 Å². The maximum Gasteiger partial charge on any atom is 0.193 e. The Labute approximate surface area is 127 Å². The van der Waals surface area contributed by atoms with Crippen LogP contribution < -0.4 is 5.43 Å². The van der Waals surface area contributed by atoms with Crippen molar-refractivity contribution in [3.63, 3.8) is 0 Å². The predicted molar refractivity (Wildman–Crippen MR) is 86.5 cm³/mol. The molecule has 0 spiro atoms. The van der Waals surface area contributed by atoms with E-state index < -0.39 is 0 Å². The Kier molecular flexibility index (Phi) is 4.11. The van der Waals surface area contributed by atoms with Gasteiger partial charge in [0.05, 0.1) is 11.7 Å². The Bertz CT molecular complexity index is 880. The molecule has 0 radical (unpaired) electrons. The maximum absolute atomic E-state index is 11.9. The van der Waals surface area contributed by atoms with Crippen LogP contribution in [-0.4, -0.2) is 9.97 Å². The molecule has 0 atom stereocenters. The molecule has 0 fully saturated rings. The number of hydrogen-bond acceptors (Lipinski definition) is 3. The Morgan fingerprint density at radius 1 is 0.955 bits per heavy atom. The molecule has 4 rings (SSSR count). The second kappa shape index (κ2) is 6.54. The number of para-hydroxylation sites is 1. The zero-order chi connectivity index (χ0) is 15.2. The Balaban J connectivity index is 0.000000246. The number of imidazole rings is 1. The first-order chi connectivity index (χ1) is 10.8. The molecule has 0 unspecified atom stereocenters. The van der Waals surface area contributed by atoms with E-state index in [1.165, 1.54) is 6.07 Å². The number of hydrogen-bond donors (Lipinski definition) is 1. The van der Waals surface area contributed by atoms with Crippen LogP contribution >= 0.6 is 0 Å². The van der Waals surface area contributed by atoms with E-state index in [1.807, 2.05) is 48.5 Å². The fourth-order valence-corrected chi connectivity index (χ4v) is 2.06. The summed E-state index contributed by atoms with van der Waals surface area (Å²) in [6, 6.07) is 18.4. The van der Waals surface area contributed by atoms with Gasteiger partial charge in [-0.2, -0.15) is 0 Å². The zero-order valence-electron chi connectivity index (χ0n) is 11.8. The van der Waals surface area contributed by atoms with Crippen molar-refractivity contribution in [3.8, 4) is 11.3 Å². The molecule has 2 heterocycles. The van der Waals surface area contributed by atoms with Crippen LogP contribution in [-0.2, 0) is 0 Å². The summed E-state index contributed by atoms with van der Waals surface area (Å²) >= 11 is 0. The normalized spacial score (nSPS) is 10.0. The van der Waals surface area contributed by atoms with Gasteiger partial charge in [-0.15, -0.1) is 0 Å². The van der Waals surface area contributed by atoms with Gasteiger partial charge in [-0.1, -0.05) is 42.5 Å². The van der Waals surface area contributed by atoms with Crippen LogP contribution in [0.25, 0.3) is 22.3 Å². The highest BCUT2D eigenvalue weighted by atomic mass is 16.3. The zero-order valence-corrected chi connectivity index (χ0v) is 11.8. The summed E-state index contributed by atoms with van der Waals surface area (Å²) in [7, 11) is 0. The highest BCUT2D eigenvalue weighted by molar-refractivity contribution is 5.78. The van der Waals surface area contributed by atoms with Crippen molar-refractivity contribution >= 4 is 11.0 Å². The number of nitrogens with one attached hydrogen (secondary N) is 1. The largest absolute Gasteiger partial charge is 0.456 e. The molecule has 1 N–H and O–H groups in total. The van der Waals surface area contributed by atoms with E-state index in [9.17, 15) is 4.79 Å². The number of aromatic amines is 1. The summed E-state index contributed by atoms with van der Waals surface area (Å²) < 4.78 is 5.73. The minimum absolute atomic E-state index is 0.00861. The van der Waals surface area contributed by atoms with Crippen molar-refractivity contribution < 1.29 is 4.42 Å². The SMILES string of the molecule is O=c1cc(-c2ccccc2)oc2ccccc12.c1c[nH]cn1. The lowest BCUT2D eigenvalue weighted by molar-refractivity contribution is 0.619. The first-order valence-electron chi connectivity index (χ1n) is 6.85. The number of nitrogens with zero attached hydrogens (tertiary/aromatic N) is 1. The standard InChI is InChI=1S/C15H10O2.C3H4N2/c16-13-10-15(11-6-2-1-3-7-11)17-14-9-5-4-8-12(13)14;1-2-5-3-4-1/h1-10H;1-3H,(H,4,5). The van der Waals surface area contributed by atoms with E-state index in [-0.39, 0.29) is 5.43 Å². The van der Waals surface area contributed by atoms with Crippen LogP contribution in [0, 0.1) is 0 Å². The predicted octanol–water partition coefficient (Wildman–Crippen LogP) is 3.87. The van der Waals surface area contributed by atoms with Crippen LogP contribution in [0.3, 0.4) is 0 Å². The van der Waals surface area contributed by atoms with Gasteiger partial charge in [-0.3, -0.25) is 4.79 Å². The van der Waals surface area contributed by atoms with E-state index in [2.05, 4.69) is 9.97 Å². The third-order valence-corrected chi connectivity index (χ3v) is 3.10. The van der Waals surface area contributed by atoms with Crippen LogP contribution in [0.5, 0.6) is 0 Å². The number of rotatable bonds is 1. The Hall–Kier alpha value is -3.14. The minimum Gasteiger partial charge on any atom is -0.456 e. The molecule has 0 aliphatic heterocycles. The molecule has 0 saturated heterocycles. The molecular weight excluding hydrogens is 276 g/mol. The van der Waals surface area contributed by atoms with Crippen molar-refractivity contribution in [2.24, 2.45) is 0 Å². The topological polar surface area (TPSA) is 58.9 Å². The molecule has 4 heteroatoms. The highest BCUT2D eigenvalue weighted by Crippen LogP contribution is 2.21. The Morgan fingerprint density at radius 2 is 1.73 bits per heavy atom. The van der Waals surface area contributed by atoms with Crippen molar-refractivity contribution in [1.29, 1.82) is 0 Å². The molecule has 22 heavy (non-hydrogen) atoms. The molecule has 108 valence electrons. The molecule has 4 nitrogen and oxygen atoms in total. The van der Waals surface area contributed by atoms with Gasteiger partial charge in [0.25, 0.3) is 0 Å². The lowest BCUT2D eigenvalue weighted by Gasteiger charge is -2.02. The Morgan fingerprint density at radius 3 is 2.41 bits per heavy atom. The number of H-pyrrole nitrogens is 1. The average molecular weight is 290 g/mol. The molecule has 0 amide bonds. The van der Waals surface area contributed by atoms with E-state index in [0.717, 1.165) is 5.56 Å². The summed E-state index contributed by atoms with van der Waals surface area (Å²) in [4.78, 5) is 18.3. The van der Waals surface area contributed by atoms with Crippen molar-refractivity contribution in [1.82, 2.24) is 9.97 Å². The molecule has 0 aliphatic rings. The van der Waals surface area contributed by atoms with Crippen LogP contribution in [0.15, 0.2) is 88.6 Å². The fraction of sp³-hybridized carbons (Fsp3) is 0. The fourth-order valence-electron chi connectivity index (χ4n) is 2.06. The molecule has 4 aromatic rings. The van der Waals surface area contributed by atoms with Gasteiger partial charge in [-0.05, 0) is 12.1 Å². The number of benzene rings is 2. The second-order valence-electron chi connectivity index (χ2n) is 4.60. The molecule has 2 aromatic carbocycles. The molecule has 2 aromatic heterocycles.